The van der Waals surface area contributed by atoms with Crippen molar-refractivity contribution in [2.45, 2.75) is 16.3 Å². The van der Waals surface area contributed by atoms with Gasteiger partial charge in [0.25, 0.3) is 0 Å². The number of pyridine rings is 1. The van der Waals surface area contributed by atoms with Crippen LogP contribution in [-0.2, 0) is 0 Å². The number of aromatic nitrogens is 2. The molecular weight excluding hydrogens is 328 g/mol. The Morgan fingerprint density at radius 1 is 1.28 bits per heavy atom. The summed E-state index contributed by atoms with van der Waals surface area (Å²) in [4.78, 5) is 8.98. The molecule has 90 valence electrons. The number of para-hydroxylation sites is 1. The van der Waals surface area contributed by atoms with Gasteiger partial charge in [0, 0.05) is 10.7 Å². The number of fused-ring (bicyclic) bond motifs is 1. The van der Waals surface area contributed by atoms with Crippen molar-refractivity contribution in [3.05, 3.63) is 46.6 Å². The maximum atomic E-state index is 4.59. The molecule has 1 aromatic carbocycles. The predicted octanol–water partition coefficient (Wildman–Crippen LogP) is 4.91. The smallest absolute Gasteiger partial charge is 0.157 e. The van der Waals surface area contributed by atoms with Gasteiger partial charge in [0.1, 0.15) is 5.03 Å². The third kappa shape index (κ3) is 2.43. The Bertz CT molecular complexity index is 676. The van der Waals surface area contributed by atoms with Crippen LogP contribution in [0.4, 0.5) is 0 Å². The van der Waals surface area contributed by atoms with Gasteiger partial charge in [-0.3, -0.25) is 0 Å². The molecule has 0 amide bonds. The quantitative estimate of drug-likeness (QED) is 0.664. The zero-order valence-corrected chi connectivity index (χ0v) is 12.8. The van der Waals surface area contributed by atoms with Crippen LogP contribution in [-0.4, -0.2) is 9.97 Å². The topological polar surface area (TPSA) is 25.8 Å². The number of rotatable bonds is 2. The van der Waals surface area contributed by atoms with E-state index >= 15 is 0 Å². The maximum Gasteiger partial charge on any atom is 0.157 e. The summed E-state index contributed by atoms with van der Waals surface area (Å²) in [6.07, 6.45) is 1.84. The molecule has 2 nitrogen and oxygen atoms in total. The Morgan fingerprint density at radius 3 is 2.89 bits per heavy atom. The summed E-state index contributed by atoms with van der Waals surface area (Å²) in [7, 11) is 0. The highest BCUT2D eigenvalue weighted by Gasteiger charge is 2.07. The summed E-state index contributed by atoms with van der Waals surface area (Å²) < 4.78 is 3.29. The van der Waals surface area contributed by atoms with Gasteiger partial charge in [0.15, 0.2) is 4.34 Å². The highest BCUT2D eigenvalue weighted by molar-refractivity contribution is 9.10. The van der Waals surface area contributed by atoms with Gasteiger partial charge in [-0.2, -0.15) is 0 Å². The van der Waals surface area contributed by atoms with E-state index in [0.717, 1.165) is 19.4 Å². The second-order valence-electron chi connectivity index (χ2n) is 3.82. The lowest BCUT2D eigenvalue weighted by molar-refractivity contribution is 1.09. The van der Waals surface area contributed by atoms with Gasteiger partial charge in [-0.05, 0) is 58.4 Å². The highest BCUT2D eigenvalue weighted by atomic mass is 79.9. The SMILES string of the molecule is Cc1cc(Sc2nc3ccccc3s2)ncc1Br. The van der Waals surface area contributed by atoms with Crippen molar-refractivity contribution in [3.8, 4) is 0 Å². The molecule has 0 atom stereocenters. The fourth-order valence-corrected chi connectivity index (χ4v) is 3.82. The minimum absolute atomic E-state index is 0.981. The van der Waals surface area contributed by atoms with Crippen molar-refractivity contribution in [2.75, 3.05) is 0 Å². The van der Waals surface area contributed by atoms with E-state index in [1.54, 1.807) is 23.1 Å². The molecule has 0 bridgehead atoms. The molecule has 0 fully saturated rings. The number of hydrogen-bond acceptors (Lipinski definition) is 4. The first-order valence-electron chi connectivity index (χ1n) is 5.38. The van der Waals surface area contributed by atoms with E-state index in [0.29, 0.717) is 0 Å². The van der Waals surface area contributed by atoms with Gasteiger partial charge in [-0.15, -0.1) is 11.3 Å². The van der Waals surface area contributed by atoms with Gasteiger partial charge < -0.3 is 0 Å². The third-order valence-electron chi connectivity index (χ3n) is 2.49. The normalized spacial score (nSPS) is 11.0. The molecule has 2 heterocycles. The van der Waals surface area contributed by atoms with Gasteiger partial charge >= 0.3 is 0 Å². The molecule has 0 N–H and O–H groups in total. The van der Waals surface area contributed by atoms with E-state index in [1.165, 1.54) is 10.3 Å². The Kier molecular flexibility index (Phi) is 3.37. The van der Waals surface area contributed by atoms with Crippen molar-refractivity contribution in [2.24, 2.45) is 0 Å². The summed E-state index contributed by atoms with van der Waals surface area (Å²) in [5.41, 5.74) is 2.24. The number of halogens is 1. The summed E-state index contributed by atoms with van der Waals surface area (Å²) in [6.45, 7) is 2.06. The summed E-state index contributed by atoms with van der Waals surface area (Å²) in [6, 6.07) is 10.3. The number of aryl methyl sites for hydroxylation is 1. The van der Waals surface area contributed by atoms with Crippen LogP contribution in [0.5, 0.6) is 0 Å². The van der Waals surface area contributed by atoms with Crippen molar-refractivity contribution < 1.29 is 0 Å². The minimum atomic E-state index is 0.981. The van der Waals surface area contributed by atoms with E-state index in [-0.39, 0.29) is 0 Å². The molecule has 0 unspecified atom stereocenters. The van der Waals surface area contributed by atoms with Crippen LogP contribution < -0.4 is 0 Å². The van der Waals surface area contributed by atoms with Crippen LogP contribution >= 0.6 is 39.0 Å². The Balaban J connectivity index is 1.93. The molecule has 3 rings (SSSR count). The van der Waals surface area contributed by atoms with Crippen molar-refractivity contribution in [3.63, 3.8) is 0 Å². The van der Waals surface area contributed by atoms with Gasteiger partial charge in [0.05, 0.1) is 10.2 Å². The molecular formula is C13H9BrN2S2. The zero-order valence-electron chi connectivity index (χ0n) is 9.55. The zero-order chi connectivity index (χ0) is 12.5. The second kappa shape index (κ2) is 4.99. The van der Waals surface area contributed by atoms with E-state index in [4.69, 9.17) is 0 Å². The van der Waals surface area contributed by atoms with Crippen molar-refractivity contribution in [1.29, 1.82) is 0 Å². The monoisotopic (exact) mass is 336 g/mol. The summed E-state index contributed by atoms with van der Waals surface area (Å²) >= 11 is 6.77. The van der Waals surface area contributed by atoms with Crippen LogP contribution in [0.25, 0.3) is 10.2 Å². The van der Waals surface area contributed by atoms with Crippen LogP contribution in [0, 0.1) is 6.92 Å². The maximum absolute atomic E-state index is 4.59. The molecule has 18 heavy (non-hydrogen) atoms. The Labute approximate surface area is 122 Å². The predicted molar refractivity (Wildman–Crippen MR) is 80.4 cm³/mol. The van der Waals surface area contributed by atoms with E-state index in [9.17, 15) is 0 Å². The Morgan fingerprint density at radius 2 is 2.11 bits per heavy atom. The lowest BCUT2D eigenvalue weighted by Gasteiger charge is -2.00. The minimum Gasteiger partial charge on any atom is -0.248 e. The summed E-state index contributed by atoms with van der Waals surface area (Å²) in [5, 5.41) is 0.981. The summed E-state index contributed by atoms with van der Waals surface area (Å²) in [5.74, 6) is 0. The van der Waals surface area contributed by atoms with Crippen LogP contribution in [0.3, 0.4) is 0 Å². The highest BCUT2D eigenvalue weighted by Crippen LogP contribution is 2.34. The first kappa shape index (κ1) is 12.1. The lowest BCUT2D eigenvalue weighted by Crippen LogP contribution is -1.83. The number of hydrogen-bond donors (Lipinski definition) is 0. The van der Waals surface area contributed by atoms with E-state index in [2.05, 4.69) is 45.0 Å². The molecule has 0 aliphatic heterocycles. The van der Waals surface area contributed by atoms with Crippen molar-refractivity contribution in [1.82, 2.24) is 9.97 Å². The van der Waals surface area contributed by atoms with Crippen LogP contribution in [0.15, 0.2) is 50.4 Å². The van der Waals surface area contributed by atoms with Gasteiger partial charge in [0.2, 0.25) is 0 Å². The molecule has 0 aliphatic carbocycles. The van der Waals surface area contributed by atoms with Crippen LogP contribution in [0.2, 0.25) is 0 Å². The average Bonchev–Trinajstić information content (AvgIpc) is 2.76. The number of nitrogens with zero attached hydrogens (tertiary/aromatic N) is 2. The first-order valence-corrected chi connectivity index (χ1v) is 7.80. The average molecular weight is 337 g/mol. The molecule has 0 spiro atoms. The van der Waals surface area contributed by atoms with E-state index < -0.39 is 0 Å². The third-order valence-corrected chi connectivity index (χ3v) is 5.35. The molecule has 5 heteroatoms. The van der Waals surface area contributed by atoms with Crippen molar-refractivity contribution >= 4 is 49.2 Å². The van der Waals surface area contributed by atoms with E-state index in [1.807, 2.05) is 24.4 Å². The fourth-order valence-electron chi connectivity index (χ4n) is 1.55. The standard InChI is InChI=1S/C13H9BrN2S2/c1-8-6-12(15-7-9(8)14)18-13-16-10-4-2-3-5-11(10)17-13/h2-7H,1H3. The van der Waals surface area contributed by atoms with Gasteiger partial charge in [-0.1, -0.05) is 12.1 Å². The molecule has 3 aromatic rings. The molecule has 0 saturated heterocycles. The molecule has 0 radical (unpaired) electrons. The Hall–Kier alpha value is -0.910. The molecule has 2 aromatic heterocycles. The second-order valence-corrected chi connectivity index (χ2v) is 6.97. The van der Waals surface area contributed by atoms with Crippen LogP contribution in [0.1, 0.15) is 5.56 Å². The number of thiazole rings is 1. The number of benzene rings is 1. The first-order chi connectivity index (χ1) is 8.72. The largest absolute Gasteiger partial charge is 0.248 e. The molecule has 0 saturated carbocycles. The lowest BCUT2D eigenvalue weighted by atomic mass is 10.3. The fraction of sp³-hybridized carbons (Fsp3) is 0.0769. The van der Waals surface area contributed by atoms with Gasteiger partial charge in [-0.25, -0.2) is 9.97 Å². The molecule has 0 aliphatic rings.